The molecule has 0 aliphatic carbocycles. The van der Waals surface area contributed by atoms with Gasteiger partial charge in [-0.25, -0.2) is 9.78 Å². The van der Waals surface area contributed by atoms with Gasteiger partial charge in [-0.15, -0.1) is 11.3 Å². The van der Waals surface area contributed by atoms with E-state index in [1.54, 1.807) is 15.3 Å². The second-order valence-electron chi connectivity index (χ2n) is 3.32. The fourth-order valence-corrected chi connectivity index (χ4v) is 4.11. The Morgan fingerprint density at radius 3 is 3.18 bits per heavy atom. The average Bonchev–Trinajstić information content (AvgIpc) is 2.66. The van der Waals surface area contributed by atoms with E-state index in [1.165, 1.54) is 8.27 Å². The van der Waals surface area contributed by atoms with E-state index in [4.69, 9.17) is 4.74 Å². The Bertz CT molecular complexity index is 577. The second kappa shape index (κ2) is 5.68. The van der Waals surface area contributed by atoms with Crippen molar-refractivity contribution >= 4 is 52.3 Å². The summed E-state index contributed by atoms with van der Waals surface area (Å²) in [6.45, 7) is 4.26. The number of hydrogen-bond donors (Lipinski definition) is 0. The van der Waals surface area contributed by atoms with Gasteiger partial charge in [0.15, 0.2) is 0 Å². The van der Waals surface area contributed by atoms with Crippen molar-refractivity contribution in [3.8, 4) is 0 Å². The lowest BCUT2D eigenvalue weighted by molar-refractivity contribution is -0.134. The SMILES string of the molecule is CCOC(=O)C=Ic1ccc2nc(C)sc2c1. The van der Waals surface area contributed by atoms with Crippen LogP contribution in [-0.2, 0) is 9.53 Å². The van der Waals surface area contributed by atoms with E-state index in [1.807, 2.05) is 26.0 Å². The normalized spacial score (nSPS) is 11.6. The Morgan fingerprint density at radius 2 is 2.41 bits per heavy atom. The third-order valence-electron chi connectivity index (χ3n) is 2.01. The molecule has 0 radical (unpaired) electrons. The third-order valence-corrected chi connectivity index (χ3v) is 5.16. The van der Waals surface area contributed by atoms with Crippen molar-refractivity contribution in [2.75, 3.05) is 6.61 Å². The second-order valence-corrected chi connectivity index (χ2v) is 7.04. The Labute approximate surface area is 114 Å². The summed E-state index contributed by atoms with van der Waals surface area (Å²) in [5.41, 5.74) is 1.04. The molecule has 0 saturated carbocycles. The van der Waals surface area contributed by atoms with E-state index in [9.17, 15) is 4.79 Å². The predicted octanol–water partition coefficient (Wildman–Crippen LogP) is 3.11. The highest BCUT2D eigenvalue weighted by atomic mass is 127. The molecule has 1 aromatic heterocycles. The summed E-state index contributed by atoms with van der Waals surface area (Å²) in [4.78, 5) is 15.6. The standard InChI is InChI=1S/C12H12INO2S/c1-3-16-12(15)7-13-9-4-5-10-11(6-9)17-8(2)14-10/h4-7H,3H2,1-2H3. The number of halogens is 1. The molecule has 0 fully saturated rings. The van der Waals surface area contributed by atoms with Crippen LogP contribution in [0, 0.1) is 10.5 Å². The number of carbonyl (C=O) groups is 1. The van der Waals surface area contributed by atoms with Gasteiger partial charge in [0.25, 0.3) is 0 Å². The maximum Gasteiger partial charge on any atom is 0.336 e. The summed E-state index contributed by atoms with van der Waals surface area (Å²) in [6.07, 6.45) is 0. The zero-order chi connectivity index (χ0) is 12.3. The topological polar surface area (TPSA) is 39.2 Å². The molecule has 0 bridgehead atoms. The molecule has 0 aliphatic heterocycles. The van der Waals surface area contributed by atoms with Gasteiger partial charge in [-0.05, 0) is 32.0 Å². The number of hydrogen-bond acceptors (Lipinski definition) is 4. The van der Waals surface area contributed by atoms with E-state index in [0.29, 0.717) is 6.61 Å². The van der Waals surface area contributed by atoms with Gasteiger partial charge >= 0.3 is 5.97 Å². The van der Waals surface area contributed by atoms with E-state index in [2.05, 4.69) is 11.1 Å². The van der Waals surface area contributed by atoms with Crippen molar-refractivity contribution in [1.29, 1.82) is 0 Å². The Morgan fingerprint density at radius 1 is 1.59 bits per heavy atom. The molecule has 0 spiro atoms. The summed E-state index contributed by atoms with van der Waals surface area (Å²) in [5.74, 6) is -0.208. The molecule has 3 nitrogen and oxygen atoms in total. The summed E-state index contributed by atoms with van der Waals surface area (Å²) in [5, 5.41) is 1.07. The average molecular weight is 361 g/mol. The highest BCUT2D eigenvalue weighted by Crippen LogP contribution is 2.24. The van der Waals surface area contributed by atoms with Crippen LogP contribution in [0.4, 0.5) is 0 Å². The van der Waals surface area contributed by atoms with Crippen LogP contribution in [0.3, 0.4) is 0 Å². The molecular weight excluding hydrogens is 349 g/mol. The molecular formula is C12H12INO2S. The van der Waals surface area contributed by atoms with Gasteiger partial charge in [0, 0.05) is 3.57 Å². The quantitative estimate of drug-likeness (QED) is 0.623. The number of ether oxygens (including phenoxy) is 1. The first kappa shape index (κ1) is 12.6. The molecule has 2 aromatic rings. The van der Waals surface area contributed by atoms with Gasteiger partial charge in [-0.1, -0.05) is 20.7 Å². The highest BCUT2D eigenvalue weighted by Gasteiger charge is 2.01. The van der Waals surface area contributed by atoms with Crippen LogP contribution in [0.1, 0.15) is 11.9 Å². The minimum Gasteiger partial charge on any atom is -0.463 e. The Kier molecular flexibility index (Phi) is 4.22. The zero-order valence-electron chi connectivity index (χ0n) is 9.57. The van der Waals surface area contributed by atoms with Crippen LogP contribution in [0.2, 0.25) is 0 Å². The summed E-state index contributed by atoms with van der Waals surface area (Å²) < 4.78 is 8.96. The fraction of sp³-hybridized carbons (Fsp3) is 0.250. The minimum absolute atomic E-state index is 0.208. The van der Waals surface area contributed by atoms with Gasteiger partial charge in [0.2, 0.25) is 0 Å². The van der Waals surface area contributed by atoms with Crippen LogP contribution in [0.5, 0.6) is 0 Å². The first-order valence-electron chi connectivity index (χ1n) is 5.19. The molecule has 90 valence electrons. The first-order valence-corrected chi connectivity index (χ1v) is 8.33. The van der Waals surface area contributed by atoms with E-state index in [-0.39, 0.29) is 5.97 Å². The van der Waals surface area contributed by atoms with Crippen molar-refractivity contribution in [3.63, 3.8) is 0 Å². The summed E-state index contributed by atoms with van der Waals surface area (Å²) in [7, 11) is 0. The summed E-state index contributed by atoms with van der Waals surface area (Å²) >= 11 is 1.28. The lowest BCUT2D eigenvalue weighted by atomic mass is 10.3. The van der Waals surface area contributed by atoms with Crippen molar-refractivity contribution in [3.05, 3.63) is 26.8 Å². The number of esters is 1. The molecule has 0 amide bonds. The lowest BCUT2D eigenvalue weighted by Gasteiger charge is -1.95. The predicted molar refractivity (Wildman–Crippen MR) is 79.8 cm³/mol. The third kappa shape index (κ3) is 3.32. The number of thiazole rings is 1. The molecule has 1 aromatic carbocycles. The van der Waals surface area contributed by atoms with E-state index in [0.717, 1.165) is 10.5 Å². The smallest absolute Gasteiger partial charge is 0.336 e. The molecule has 2 rings (SSSR count). The largest absolute Gasteiger partial charge is 0.463 e. The lowest BCUT2D eigenvalue weighted by Crippen LogP contribution is -2.02. The summed E-state index contributed by atoms with van der Waals surface area (Å²) in [6, 6.07) is 6.19. The fourth-order valence-electron chi connectivity index (χ4n) is 1.36. The highest BCUT2D eigenvalue weighted by molar-refractivity contribution is 14.2. The van der Waals surface area contributed by atoms with Crippen molar-refractivity contribution in [2.24, 2.45) is 0 Å². The van der Waals surface area contributed by atoms with Crippen molar-refractivity contribution in [2.45, 2.75) is 13.8 Å². The number of fused-ring (bicyclic) bond motifs is 1. The molecule has 0 saturated heterocycles. The minimum atomic E-state index is -0.412. The molecule has 0 N–H and O–H groups in total. The monoisotopic (exact) mass is 361 g/mol. The van der Waals surface area contributed by atoms with Crippen LogP contribution < -0.4 is 0 Å². The van der Waals surface area contributed by atoms with Gasteiger partial charge < -0.3 is 4.74 Å². The number of aromatic nitrogens is 1. The molecule has 17 heavy (non-hydrogen) atoms. The number of nitrogens with zero attached hydrogens (tertiary/aromatic N) is 1. The molecule has 1 heterocycles. The van der Waals surface area contributed by atoms with Crippen molar-refractivity contribution < 1.29 is 9.53 Å². The van der Waals surface area contributed by atoms with Crippen LogP contribution in [0.15, 0.2) is 18.2 Å². The maximum atomic E-state index is 11.2. The van der Waals surface area contributed by atoms with Gasteiger partial charge in [0.05, 0.1) is 25.8 Å². The Hall–Kier alpha value is -0.820. The van der Waals surface area contributed by atoms with E-state index < -0.39 is 20.7 Å². The Balaban J connectivity index is 2.21. The van der Waals surface area contributed by atoms with Crippen LogP contribution in [-0.4, -0.2) is 21.6 Å². The van der Waals surface area contributed by atoms with Crippen LogP contribution >= 0.6 is 32.1 Å². The molecule has 0 aliphatic rings. The van der Waals surface area contributed by atoms with Crippen molar-refractivity contribution in [1.82, 2.24) is 4.98 Å². The number of carbonyl (C=O) groups excluding carboxylic acids is 1. The maximum absolute atomic E-state index is 11.2. The molecule has 0 atom stereocenters. The van der Waals surface area contributed by atoms with E-state index >= 15 is 0 Å². The molecule has 5 heteroatoms. The zero-order valence-corrected chi connectivity index (χ0v) is 12.5. The van der Waals surface area contributed by atoms with Gasteiger partial charge in [-0.3, -0.25) is 0 Å². The number of aryl methyl sites for hydroxylation is 1. The first-order chi connectivity index (χ1) is 8.19. The molecule has 0 unspecified atom stereocenters. The van der Waals surface area contributed by atoms with Gasteiger partial charge in [-0.2, -0.15) is 0 Å². The van der Waals surface area contributed by atoms with Gasteiger partial charge in [0.1, 0.15) is 0 Å². The number of benzene rings is 1. The number of rotatable bonds is 3. The van der Waals surface area contributed by atoms with Crippen LogP contribution in [0.25, 0.3) is 10.2 Å².